The summed E-state index contributed by atoms with van der Waals surface area (Å²) in [4.78, 5) is 0. The monoisotopic (exact) mass is 338 g/mol. The van der Waals surface area contributed by atoms with Crippen LogP contribution in [0.15, 0.2) is 53.0 Å². The topological polar surface area (TPSA) is 20.2 Å². The van der Waals surface area contributed by atoms with Gasteiger partial charge in [-0.1, -0.05) is 57.9 Å². The Kier molecular flexibility index (Phi) is 5.44. The average Bonchev–Trinajstić information content (AvgIpc) is 2.41. The molecule has 0 heterocycles. The molecule has 1 atom stereocenters. The number of benzene rings is 2. The van der Waals surface area contributed by atoms with Gasteiger partial charge in [-0.3, -0.25) is 0 Å². The standard InChI is InChI=1S/C16H16BrClO/c17-13-10-8-12(9-11-13)4-3-7-16(19)14-5-1-2-6-15(14)18/h1-2,5-6,8-11,16,19H,3-4,7H2. The highest BCUT2D eigenvalue weighted by atomic mass is 79.9. The first-order chi connectivity index (χ1) is 9.16. The molecule has 1 nitrogen and oxygen atoms in total. The molecular formula is C16H16BrClO. The van der Waals surface area contributed by atoms with Gasteiger partial charge in [-0.15, -0.1) is 0 Å². The van der Waals surface area contributed by atoms with Crippen molar-refractivity contribution in [2.24, 2.45) is 0 Å². The SMILES string of the molecule is OC(CCCc1ccc(Br)cc1)c1ccccc1Cl. The molecule has 3 heteroatoms. The van der Waals surface area contributed by atoms with Crippen LogP contribution in [0.5, 0.6) is 0 Å². The van der Waals surface area contributed by atoms with E-state index < -0.39 is 6.10 Å². The largest absolute Gasteiger partial charge is 0.388 e. The summed E-state index contributed by atoms with van der Waals surface area (Å²) in [5.74, 6) is 0. The first-order valence-corrected chi connectivity index (χ1v) is 7.51. The fourth-order valence-corrected chi connectivity index (χ4v) is 2.58. The van der Waals surface area contributed by atoms with E-state index in [1.165, 1.54) is 5.56 Å². The normalized spacial score (nSPS) is 12.4. The summed E-state index contributed by atoms with van der Waals surface area (Å²) in [6.07, 6.45) is 2.15. The number of hydrogen-bond acceptors (Lipinski definition) is 1. The van der Waals surface area contributed by atoms with Crippen LogP contribution in [0.1, 0.15) is 30.1 Å². The molecule has 2 aromatic rings. The molecule has 0 aliphatic heterocycles. The van der Waals surface area contributed by atoms with Gasteiger partial charge in [0, 0.05) is 9.50 Å². The van der Waals surface area contributed by atoms with Crippen LogP contribution in [-0.2, 0) is 6.42 Å². The lowest BCUT2D eigenvalue weighted by Gasteiger charge is -2.12. The zero-order valence-electron chi connectivity index (χ0n) is 10.5. The molecule has 0 saturated carbocycles. The number of hydrogen-bond donors (Lipinski definition) is 1. The van der Waals surface area contributed by atoms with Crippen LogP contribution in [0.3, 0.4) is 0 Å². The molecule has 1 unspecified atom stereocenters. The van der Waals surface area contributed by atoms with E-state index in [9.17, 15) is 5.11 Å². The molecule has 2 aromatic carbocycles. The van der Waals surface area contributed by atoms with Gasteiger partial charge in [-0.05, 0) is 48.6 Å². The van der Waals surface area contributed by atoms with E-state index in [1.54, 1.807) is 0 Å². The van der Waals surface area contributed by atoms with Gasteiger partial charge in [0.2, 0.25) is 0 Å². The van der Waals surface area contributed by atoms with E-state index in [-0.39, 0.29) is 0 Å². The lowest BCUT2D eigenvalue weighted by atomic mass is 10.0. The quantitative estimate of drug-likeness (QED) is 0.798. The molecule has 0 radical (unpaired) electrons. The highest BCUT2D eigenvalue weighted by Crippen LogP contribution is 2.26. The van der Waals surface area contributed by atoms with Gasteiger partial charge in [-0.2, -0.15) is 0 Å². The van der Waals surface area contributed by atoms with Crippen LogP contribution in [0.25, 0.3) is 0 Å². The van der Waals surface area contributed by atoms with E-state index in [0.717, 1.165) is 29.3 Å². The van der Waals surface area contributed by atoms with Crippen molar-refractivity contribution in [3.8, 4) is 0 Å². The molecule has 0 spiro atoms. The predicted molar refractivity (Wildman–Crippen MR) is 83.5 cm³/mol. The maximum absolute atomic E-state index is 10.1. The summed E-state index contributed by atoms with van der Waals surface area (Å²) in [6.45, 7) is 0. The van der Waals surface area contributed by atoms with Gasteiger partial charge in [0.05, 0.1) is 6.10 Å². The highest BCUT2D eigenvalue weighted by molar-refractivity contribution is 9.10. The van der Waals surface area contributed by atoms with E-state index in [1.807, 2.05) is 36.4 Å². The van der Waals surface area contributed by atoms with E-state index in [4.69, 9.17) is 11.6 Å². The molecule has 0 aliphatic carbocycles. The maximum Gasteiger partial charge on any atom is 0.0804 e. The lowest BCUT2D eigenvalue weighted by molar-refractivity contribution is 0.165. The molecule has 0 amide bonds. The van der Waals surface area contributed by atoms with Crippen molar-refractivity contribution in [2.75, 3.05) is 0 Å². The zero-order chi connectivity index (χ0) is 13.7. The van der Waals surface area contributed by atoms with Crippen molar-refractivity contribution < 1.29 is 5.11 Å². The van der Waals surface area contributed by atoms with Crippen molar-refractivity contribution in [3.63, 3.8) is 0 Å². The molecule has 100 valence electrons. The summed E-state index contributed by atoms with van der Waals surface area (Å²) in [5, 5.41) is 10.8. The summed E-state index contributed by atoms with van der Waals surface area (Å²) < 4.78 is 1.09. The third-order valence-electron chi connectivity index (χ3n) is 3.12. The molecule has 1 N–H and O–H groups in total. The fourth-order valence-electron chi connectivity index (χ4n) is 2.05. The Morgan fingerprint density at radius 3 is 2.42 bits per heavy atom. The average molecular weight is 340 g/mol. The van der Waals surface area contributed by atoms with Crippen molar-refractivity contribution >= 4 is 27.5 Å². The third-order valence-corrected chi connectivity index (χ3v) is 3.99. The Labute approximate surface area is 127 Å². The Bertz CT molecular complexity index is 525. The molecule has 2 rings (SSSR count). The van der Waals surface area contributed by atoms with Crippen LogP contribution < -0.4 is 0 Å². The second-order valence-corrected chi connectivity index (χ2v) is 5.88. The summed E-state index contributed by atoms with van der Waals surface area (Å²) in [5.41, 5.74) is 2.11. The summed E-state index contributed by atoms with van der Waals surface area (Å²) in [6, 6.07) is 15.8. The van der Waals surface area contributed by atoms with Crippen LogP contribution in [-0.4, -0.2) is 5.11 Å². The fraction of sp³-hybridized carbons (Fsp3) is 0.250. The van der Waals surface area contributed by atoms with Gasteiger partial charge in [0.15, 0.2) is 0 Å². The number of halogens is 2. The van der Waals surface area contributed by atoms with E-state index >= 15 is 0 Å². The van der Waals surface area contributed by atoms with Crippen molar-refractivity contribution in [2.45, 2.75) is 25.4 Å². The smallest absolute Gasteiger partial charge is 0.0804 e. The van der Waals surface area contributed by atoms with Gasteiger partial charge in [-0.25, -0.2) is 0 Å². The van der Waals surface area contributed by atoms with Crippen LogP contribution >= 0.6 is 27.5 Å². The summed E-state index contributed by atoms with van der Waals surface area (Å²) >= 11 is 9.49. The summed E-state index contributed by atoms with van der Waals surface area (Å²) in [7, 11) is 0. The Balaban J connectivity index is 1.86. The van der Waals surface area contributed by atoms with Crippen molar-refractivity contribution in [3.05, 3.63) is 69.2 Å². The molecule has 0 aromatic heterocycles. The zero-order valence-corrected chi connectivity index (χ0v) is 12.9. The maximum atomic E-state index is 10.1. The second-order valence-electron chi connectivity index (χ2n) is 4.56. The number of rotatable bonds is 5. The number of aryl methyl sites for hydroxylation is 1. The molecular weight excluding hydrogens is 324 g/mol. The van der Waals surface area contributed by atoms with Crippen LogP contribution in [0, 0.1) is 0 Å². The minimum absolute atomic E-state index is 0.482. The first-order valence-electron chi connectivity index (χ1n) is 6.34. The van der Waals surface area contributed by atoms with Crippen molar-refractivity contribution in [1.82, 2.24) is 0 Å². The van der Waals surface area contributed by atoms with Gasteiger partial charge in [0.25, 0.3) is 0 Å². The predicted octanol–water partition coefficient (Wildman–Crippen LogP) is 5.16. The first kappa shape index (κ1) is 14.6. The lowest BCUT2D eigenvalue weighted by Crippen LogP contribution is -1.99. The van der Waals surface area contributed by atoms with Crippen LogP contribution in [0.4, 0.5) is 0 Å². The molecule has 0 bridgehead atoms. The number of aliphatic hydroxyl groups is 1. The highest BCUT2D eigenvalue weighted by Gasteiger charge is 2.10. The van der Waals surface area contributed by atoms with Gasteiger partial charge in [0.1, 0.15) is 0 Å². The molecule has 0 fully saturated rings. The minimum atomic E-state index is -0.482. The van der Waals surface area contributed by atoms with E-state index in [2.05, 4.69) is 28.1 Å². The van der Waals surface area contributed by atoms with Crippen LogP contribution in [0.2, 0.25) is 5.02 Å². The second kappa shape index (κ2) is 7.09. The van der Waals surface area contributed by atoms with Gasteiger partial charge < -0.3 is 5.11 Å². The Morgan fingerprint density at radius 2 is 1.74 bits per heavy atom. The van der Waals surface area contributed by atoms with Gasteiger partial charge >= 0.3 is 0 Å². The Hall–Kier alpha value is -0.830. The van der Waals surface area contributed by atoms with Crippen molar-refractivity contribution in [1.29, 1.82) is 0 Å². The number of aliphatic hydroxyl groups excluding tert-OH is 1. The third kappa shape index (κ3) is 4.34. The van der Waals surface area contributed by atoms with E-state index in [0.29, 0.717) is 5.02 Å². The minimum Gasteiger partial charge on any atom is -0.388 e. The molecule has 0 saturated heterocycles. The Morgan fingerprint density at radius 1 is 1.05 bits per heavy atom. The molecule has 0 aliphatic rings. The molecule has 19 heavy (non-hydrogen) atoms.